The molecule has 35 heavy (non-hydrogen) atoms. The van der Waals surface area contributed by atoms with E-state index in [1.54, 1.807) is 23.7 Å². The van der Waals surface area contributed by atoms with Gasteiger partial charge in [-0.25, -0.2) is 0 Å². The van der Waals surface area contributed by atoms with Gasteiger partial charge in [0.05, 0.1) is 23.1 Å². The molecule has 2 aromatic heterocycles. The van der Waals surface area contributed by atoms with E-state index in [0.29, 0.717) is 31.2 Å². The highest BCUT2D eigenvalue weighted by Gasteiger charge is 2.21. The summed E-state index contributed by atoms with van der Waals surface area (Å²) >= 11 is 1.54. The molecule has 1 aliphatic rings. The van der Waals surface area contributed by atoms with Crippen LogP contribution in [0.25, 0.3) is 11.1 Å². The number of rotatable bonds is 8. The van der Waals surface area contributed by atoms with Gasteiger partial charge in [0.15, 0.2) is 0 Å². The minimum atomic E-state index is -0.0661. The van der Waals surface area contributed by atoms with E-state index in [0.717, 1.165) is 46.1 Å². The SMILES string of the molecule is O=C(NCc1ccc(OCc2cccnc2)cc1)c1cc(-c2ccccc2)c(N2CCOCC2)s1. The Labute approximate surface area is 209 Å². The van der Waals surface area contributed by atoms with Crippen molar-refractivity contribution in [1.29, 1.82) is 0 Å². The average molecular weight is 486 g/mol. The zero-order valence-electron chi connectivity index (χ0n) is 19.4. The summed E-state index contributed by atoms with van der Waals surface area (Å²) in [5, 5.41) is 4.19. The Morgan fingerprint density at radius 2 is 1.80 bits per heavy atom. The third kappa shape index (κ3) is 5.88. The molecule has 1 N–H and O–H groups in total. The first-order valence-electron chi connectivity index (χ1n) is 11.7. The summed E-state index contributed by atoms with van der Waals surface area (Å²) in [5.74, 6) is 0.716. The van der Waals surface area contributed by atoms with Crippen LogP contribution in [0, 0.1) is 0 Å². The van der Waals surface area contributed by atoms with Crippen LogP contribution in [0.3, 0.4) is 0 Å². The maximum atomic E-state index is 13.0. The van der Waals surface area contributed by atoms with E-state index in [2.05, 4.69) is 27.3 Å². The number of pyridine rings is 1. The first-order chi connectivity index (χ1) is 17.3. The minimum absolute atomic E-state index is 0.0661. The number of aromatic nitrogens is 1. The van der Waals surface area contributed by atoms with Gasteiger partial charge in [-0.1, -0.05) is 48.5 Å². The number of nitrogens with zero attached hydrogens (tertiary/aromatic N) is 2. The molecular formula is C28H27N3O3S. The van der Waals surface area contributed by atoms with Gasteiger partial charge in [-0.05, 0) is 35.4 Å². The molecule has 0 saturated carbocycles. The topological polar surface area (TPSA) is 63.7 Å². The average Bonchev–Trinajstić information content (AvgIpc) is 3.39. The quantitative estimate of drug-likeness (QED) is 0.374. The van der Waals surface area contributed by atoms with E-state index < -0.39 is 0 Å². The van der Waals surface area contributed by atoms with Crippen LogP contribution in [-0.2, 0) is 17.9 Å². The van der Waals surface area contributed by atoms with Crippen molar-refractivity contribution in [3.8, 4) is 16.9 Å². The van der Waals surface area contributed by atoms with Gasteiger partial charge < -0.3 is 19.7 Å². The fourth-order valence-electron chi connectivity index (χ4n) is 3.94. The number of thiophene rings is 1. The van der Waals surface area contributed by atoms with Crippen LogP contribution in [-0.4, -0.2) is 37.2 Å². The van der Waals surface area contributed by atoms with Crippen LogP contribution in [0.15, 0.2) is 85.2 Å². The third-order valence-corrected chi connectivity index (χ3v) is 7.02. The van der Waals surface area contributed by atoms with Gasteiger partial charge in [-0.3, -0.25) is 9.78 Å². The number of anilines is 1. The molecule has 1 fully saturated rings. The summed E-state index contributed by atoms with van der Waals surface area (Å²) in [4.78, 5) is 20.2. The molecule has 1 saturated heterocycles. The van der Waals surface area contributed by atoms with Gasteiger partial charge in [0, 0.05) is 43.2 Å². The Balaban J connectivity index is 1.23. The van der Waals surface area contributed by atoms with E-state index in [-0.39, 0.29) is 5.91 Å². The highest BCUT2D eigenvalue weighted by molar-refractivity contribution is 7.18. The van der Waals surface area contributed by atoms with Crippen molar-refractivity contribution >= 4 is 22.2 Å². The smallest absolute Gasteiger partial charge is 0.261 e. The predicted molar refractivity (Wildman–Crippen MR) is 139 cm³/mol. The van der Waals surface area contributed by atoms with E-state index in [1.165, 1.54) is 0 Å². The van der Waals surface area contributed by atoms with E-state index >= 15 is 0 Å². The maximum absolute atomic E-state index is 13.0. The lowest BCUT2D eigenvalue weighted by Crippen LogP contribution is -2.35. The number of carbonyl (C=O) groups is 1. The molecule has 0 aliphatic carbocycles. The molecule has 0 unspecified atom stereocenters. The summed E-state index contributed by atoms with van der Waals surface area (Å²) in [6.07, 6.45) is 3.54. The lowest BCUT2D eigenvalue weighted by Gasteiger charge is -2.28. The maximum Gasteiger partial charge on any atom is 0.261 e. The van der Waals surface area contributed by atoms with Crippen LogP contribution in [0.2, 0.25) is 0 Å². The second kappa shape index (κ2) is 11.2. The fraction of sp³-hybridized carbons (Fsp3) is 0.214. The Morgan fingerprint density at radius 1 is 1.00 bits per heavy atom. The van der Waals surface area contributed by atoms with Crippen LogP contribution in [0.5, 0.6) is 5.75 Å². The van der Waals surface area contributed by atoms with E-state index in [9.17, 15) is 4.79 Å². The van der Waals surface area contributed by atoms with Gasteiger partial charge in [-0.2, -0.15) is 0 Å². The molecular weight excluding hydrogens is 458 g/mol. The Hall–Kier alpha value is -3.68. The molecule has 0 atom stereocenters. The van der Waals surface area contributed by atoms with Crippen molar-refractivity contribution in [3.63, 3.8) is 0 Å². The number of morpholine rings is 1. The van der Waals surface area contributed by atoms with Crippen molar-refractivity contribution in [1.82, 2.24) is 10.3 Å². The number of ether oxygens (including phenoxy) is 2. The second-order valence-corrected chi connectivity index (χ2v) is 9.30. The molecule has 1 amide bonds. The van der Waals surface area contributed by atoms with Crippen LogP contribution >= 0.6 is 11.3 Å². The Bertz CT molecular complexity index is 1240. The van der Waals surface area contributed by atoms with Crippen molar-refractivity contribution in [3.05, 3.63) is 101 Å². The largest absolute Gasteiger partial charge is 0.489 e. The fourth-order valence-corrected chi connectivity index (χ4v) is 5.09. The Kier molecular flexibility index (Phi) is 7.36. The van der Waals surface area contributed by atoms with Crippen molar-refractivity contribution in [2.24, 2.45) is 0 Å². The van der Waals surface area contributed by atoms with Gasteiger partial charge in [0.25, 0.3) is 5.91 Å². The molecule has 6 nitrogen and oxygen atoms in total. The molecule has 1 aliphatic heterocycles. The first-order valence-corrected chi connectivity index (χ1v) is 12.5. The highest BCUT2D eigenvalue weighted by atomic mass is 32.1. The lowest BCUT2D eigenvalue weighted by molar-refractivity contribution is 0.0955. The molecule has 0 radical (unpaired) electrons. The number of hydrogen-bond donors (Lipinski definition) is 1. The molecule has 7 heteroatoms. The van der Waals surface area contributed by atoms with Gasteiger partial charge in [-0.15, -0.1) is 11.3 Å². The molecule has 178 valence electrons. The normalized spacial score (nSPS) is 13.4. The third-order valence-electron chi connectivity index (χ3n) is 5.82. The van der Waals surface area contributed by atoms with Crippen molar-refractivity contribution < 1.29 is 14.3 Å². The molecule has 2 aromatic carbocycles. The molecule has 0 spiro atoms. The highest BCUT2D eigenvalue weighted by Crippen LogP contribution is 2.39. The summed E-state index contributed by atoms with van der Waals surface area (Å²) < 4.78 is 11.3. The molecule has 4 aromatic rings. The zero-order valence-corrected chi connectivity index (χ0v) is 20.2. The number of amides is 1. The van der Waals surface area contributed by atoms with Crippen LogP contribution in [0.1, 0.15) is 20.8 Å². The monoisotopic (exact) mass is 485 g/mol. The summed E-state index contributed by atoms with van der Waals surface area (Å²) in [6.45, 7) is 3.99. The van der Waals surface area contributed by atoms with Crippen LogP contribution in [0.4, 0.5) is 5.00 Å². The lowest BCUT2D eigenvalue weighted by atomic mass is 10.1. The standard InChI is InChI=1S/C28H27N3O3S/c32-27(30-19-21-8-10-24(11-9-21)34-20-22-5-4-12-29-18-22)26-17-25(23-6-2-1-3-7-23)28(35-26)31-13-15-33-16-14-31/h1-12,17-18H,13-16,19-20H2,(H,30,32). The summed E-state index contributed by atoms with van der Waals surface area (Å²) in [5.41, 5.74) is 4.25. The Morgan fingerprint density at radius 3 is 2.54 bits per heavy atom. The van der Waals surface area contributed by atoms with E-state index in [1.807, 2.05) is 60.7 Å². The first kappa shape index (κ1) is 23.1. The number of nitrogens with one attached hydrogen (secondary N) is 1. The predicted octanol–water partition coefficient (Wildman–Crippen LogP) is 5.16. The summed E-state index contributed by atoms with van der Waals surface area (Å²) in [6, 6.07) is 23.9. The number of benzene rings is 2. The summed E-state index contributed by atoms with van der Waals surface area (Å²) in [7, 11) is 0. The minimum Gasteiger partial charge on any atom is -0.489 e. The molecule has 3 heterocycles. The van der Waals surface area contributed by atoms with Gasteiger partial charge >= 0.3 is 0 Å². The zero-order chi connectivity index (χ0) is 23.9. The molecule has 0 bridgehead atoms. The van der Waals surface area contributed by atoms with Crippen LogP contribution < -0.4 is 15.0 Å². The van der Waals surface area contributed by atoms with Crippen molar-refractivity contribution in [2.45, 2.75) is 13.2 Å². The van der Waals surface area contributed by atoms with E-state index in [4.69, 9.17) is 9.47 Å². The van der Waals surface area contributed by atoms with Crippen molar-refractivity contribution in [2.75, 3.05) is 31.2 Å². The second-order valence-electron chi connectivity index (χ2n) is 8.27. The number of hydrogen-bond acceptors (Lipinski definition) is 6. The number of carbonyl (C=O) groups excluding carboxylic acids is 1. The molecule has 5 rings (SSSR count). The van der Waals surface area contributed by atoms with Gasteiger partial charge in [0.1, 0.15) is 12.4 Å². The van der Waals surface area contributed by atoms with Gasteiger partial charge in [0.2, 0.25) is 0 Å².